The molecule has 3 rings (SSSR count). The first kappa shape index (κ1) is 28.6. The second-order valence-corrected chi connectivity index (χ2v) is 8.13. The summed E-state index contributed by atoms with van der Waals surface area (Å²) in [5.74, 6) is -1.40. The number of hydrogen-bond acceptors (Lipinski definition) is 10. The Balaban J connectivity index is 2.11. The molecule has 39 heavy (non-hydrogen) atoms. The van der Waals surface area contributed by atoms with Crippen molar-refractivity contribution in [2.75, 3.05) is 37.6 Å². The molecule has 204 valence electrons. The van der Waals surface area contributed by atoms with Crippen molar-refractivity contribution in [3.63, 3.8) is 0 Å². The normalized spacial score (nSPS) is 10.9. The van der Waals surface area contributed by atoms with Crippen molar-refractivity contribution in [3.05, 3.63) is 86.2 Å². The SMILES string of the molecule is COCCN(Cc1ccccc1)c1cc(NC(C)=O)c(/N=N/c2cc(F)c([N+](=O)[O-])cc2[N+](=O)[O-])cc1OC. The van der Waals surface area contributed by atoms with Crippen molar-refractivity contribution in [2.45, 2.75) is 13.5 Å². The molecule has 3 aromatic rings. The van der Waals surface area contributed by atoms with Crippen molar-refractivity contribution in [2.24, 2.45) is 10.2 Å². The molecule has 0 fully saturated rings. The van der Waals surface area contributed by atoms with Crippen molar-refractivity contribution in [3.8, 4) is 5.75 Å². The maximum Gasteiger partial charge on any atom is 0.311 e. The molecular weight excluding hydrogens is 515 g/mol. The molecule has 0 radical (unpaired) electrons. The number of anilines is 2. The van der Waals surface area contributed by atoms with Crippen molar-refractivity contribution < 1.29 is 28.5 Å². The Labute approximate surface area is 222 Å². The van der Waals surface area contributed by atoms with Gasteiger partial charge < -0.3 is 19.7 Å². The fourth-order valence-electron chi connectivity index (χ4n) is 3.65. The van der Waals surface area contributed by atoms with Crippen LogP contribution >= 0.6 is 0 Å². The van der Waals surface area contributed by atoms with E-state index in [0.29, 0.717) is 43.3 Å². The highest BCUT2D eigenvalue weighted by molar-refractivity contribution is 5.93. The zero-order valence-corrected chi connectivity index (χ0v) is 21.3. The van der Waals surface area contributed by atoms with E-state index in [2.05, 4.69) is 15.5 Å². The van der Waals surface area contributed by atoms with Gasteiger partial charge in [0.1, 0.15) is 11.4 Å². The van der Waals surface area contributed by atoms with Gasteiger partial charge in [-0.3, -0.25) is 25.0 Å². The molecule has 0 aliphatic heterocycles. The number of hydrogen-bond donors (Lipinski definition) is 1. The van der Waals surface area contributed by atoms with Crippen molar-refractivity contribution in [1.82, 2.24) is 0 Å². The van der Waals surface area contributed by atoms with Crippen LogP contribution in [0.4, 0.5) is 38.5 Å². The number of amides is 1. The standard InChI is InChI=1S/C25H25FN6O7/c1-16(33)27-19-12-24(30(9-10-38-2)15-17-7-5-4-6-8-17)25(39-3)13-20(19)28-29-21-11-18(26)22(31(34)35)14-23(21)32(36)37/h4-8,11-14H,9-10,15H2,1-3H3,(H,27,33)/b29-28+. The minimum atomic E-state index is -1.32. The van der Waals surface area contributed by atoms with E-state index in [9.17, 15) is 29.4 Å². The van der Waals surface area contributed by atoms with E-state index in [-0.39, 0.29) is 11.4 Å². The highest BCUT2D eigenvalue weighted by atomic mass is 19.1. The zero-order chi connectivity index (χ0) is 28.5. The van der Waals surface area contributed by atoms with Gasteiger partial charge in [0.15, 0.2) is 5.69 Å². The van der Waals surface area contributed by atoms with Crippen LogP contribution in [0.15, 0.2) is 64.8 Å². The van der Waals surface area contributed by atoms with Crippen LogP contribution in [-0.2, 0) is 16.1 Å². The summed E-state index contributed by atoms with van der Waals surface area (Å²) in [6.07, 6.45) is 0. The van der Waals surface area contributed by atoms with Gasteiger partial charge in [-0.1, -0.05) is 30.3 Å². The molecule has 0 atom stereocenters. The molecule has 0 saturated heterocycles. The summed E-state index contributed by atoms with van der Waals surface area (Å²) in [5, 5.41) is 32.9. The fourth-order valence-corrected chi connectivity index (χ4v) is 3.65. The summed E-state index contributed by atoms with van der Waals surface area (Å²) in [6.45, 7) is 2.63. The summed E-state index contributed by atoms with van der Waals surface area (Å²) in [6, 6.07) is 13.7. The van der Waals surface area contributed by atoms with Crippen LogP contribution in [0.1, 0.15) is 12.5 Å². The number of nitrogens with one attached hydrogen (secondary N) is 1. The molecule has 3 aromatic carbocycles. The quantitative estimate of drug-likeness (QED) is 0.174. The van der Waals surface area contributed by atoms with Crippen LogP contribution in [0.5, 0.6) is 5.75 Å². The predicted octanol–water partition coefficient (Wildman–Crippen LogP) is 5.68. The van der Waals surface area contributed by atoms with E-state index < -0.39 is 38.6 Å². The predicted molar refractivity (Wildman–Crippen MR) is 141 cm³/mol. The smallest absolute Gasteiger partial charge is 0.311 e. The van der Waals surface area contributed by atoms with E-state index in [1.807, 2.05) is 35.2 Å². The first-order valence-corrected chi connectivity index (χ1v) is 11.5. The zero-order valence-electron chi connectivity index (χ0n) is 21.3. The number of carbonyl (C=O) groups excluding carboxylic acids is 1. The topological polar surface area (TPSA) is 162 Å². The summed E-state index contributed by atoms with van der Waals surface area (Å²) in [4.78, 5) is 34.4. The average molecular weight is 541 g/mol. The molecule has 0 aliphatic carbocycles. The van der Waals surface area contributed by atoms with Gasteiger partial charge in [-0.15, -0.1) is 10.2 Å². The Hall–Kier alpha value is -4.98. The van der Waals surface area contributed by atoms with Gasteiger partial charge in [-0.05, 0) is 11.6 Å². The first-order chi connectivity index (χ1) is 18.6. The number of rotatable bonds is 12. The van der Waals surface area contributed by atoms with Gasteiger partial charge >= 0.3 is 11.4 Å². The highest BCUT2D eigenvalue weighted by Gasteiger charge is 2.25. The molecule has 0 bridgehead atoms. The number of nitrogens with zero attached hydrogens (tertiary/aromatic N) is 5. The summed E-state index contributed by atoms with van der Waals surface area (Å²) in [5.41, 5.74) is -0.592. The van der Waals surface area contributed by atoms with Crippen LogP contribution in [0.2, 0.25) is 0 Å². The van der Waals surface area contributed by atoms with Crippen LogP contribution in [-0.4, -0.2) is 43.1 Å². The number of halogens is 1. The maximum absolute atomic E-state index is 14.2. The van der Waals surface area contributed by atoms with Gasteiger partial charge in [0.2, 0.25) is 11.7 Å². The lowest BCUT2D eigenvalue weighted by Gasteiger charge is -2.27. The van der Waals surface area contributed by atoms with Crippen LogP contribution < -0.4 is 15.0 Å². The third-order valence-corrected chi connectivity index (χ3v) is 5.43. The number of ether oxygens (including phenoxy) is 2. The second kappa shape index (κ2) is 13.0. The fraction of sp³-hybridized carbons (Fsp3) is 0.240. The Morgan fingerprint density at radius 1 is 1.00 bits per heavy atom. The highest BCUT2D eigenvalue weighted by Crippen LogP contribution is 2.41. The van der Waals surface area contributed by atoms with Crippen LogP contribution in [0.25, 0.3) is 0 Å². The molecule has 0 spiro atoms. The van der Waals surface area contributed by atoms with E-state index >= 15 is 0 Å². The molecular formula is C25H25FN6O7. The van der Waals surface area contributed by atoms with Crippen molar-refractivity contribution in [1.29, 1.82) is 0 Å². The average Bonchev–Trinajstić information content (AvgIpc) is 2.90. The van der Waals surface area contributed by atoms with Gasteiger partial charge in [-0.2, -0.15) is 4.39 Å². The molecule has 1 N–H and O–H groups in total. The lowest BCUT2D eigenvalue weighted by Crippen LogP contribution is -2.27. The van der Waals surface area contributed by atoms with Gasteiger partial charge in [-0.25, -0.2) is 0 Å². The number of nitro groups is 2. The molecule has 0 unspecified atom stereocenters. The van der Waals surface area contributed by atoms with E-state index in [1.165, 1.54) is 20.1 Å². The Morgan fingerprint density at radius 3 is 2.26 bits per heavy atom. The lowest BCUT2D eigenvalue weighted by molar-refractivity contribution is -0.395. The van der Waals surface area contributed by atoms with Crippen molar-refractivity contribution >= 4 is 40.0 Å². The Bertz CT molecular complexity index is 1400. The number of benzene rings is 3. The molecule has 1 amide bonds. The number of azo groups is 1. The summed E-state index contributed by atoms with van der Waals surface area (Å²) in [7, 11) is 3.01. The van der Waals surface area contributed by atoms with Gasteiger partial charge in [0.05, 0.1) is 41.0 Å². The molecule has 0 aromatic heterocycles. The second-order valence-electron chi connectivity index (χ2n) is 8.13. The molecule has 0 aliphatic rings. The minimum absolute atomic E-state index is 0.0465. The van der Waals surface area contributed by atoms with E-state index in [4.69, 9.17) is 9.47 Å². The molecule has 14 heteroatoms. The first-order valence-electron chi connectivity index (χ1n) is 11.5. The van der Waals surface area contributed by atoms with Crippen LogP contribution in [0.3, 0.4) is 0 Å². The number of nitro benzene ring substituents is 2. The Kier molecular flexibility index (Phi) is 9.53. The van der Waals surface area contributed by atoms with E-state index in [0.717, 1.165) is 5.56 Å². The van der Waals surface area contributed by atoms with Gasteiger partial charge in [0.25, 0.3) is 0 Å². The summed E-state index contributed by atoms with van der Waals surface area (Å²) >= 11 is 0. The number of methoxy groups -OCH3 is 2. The largest absolute Gasteiger partial charge is 0.494 e. The lowest BCUT2D eigenvalue weighted by atomic mass is 10.1. The number of carbonyl (C=O) groups is 1. The van der Waals surface area contributed by atoms with E-state index in [1.54, 1.807) is 13.2 Å². The van der Waals surface area contributed by atoms with Crippen LogP contribution in [0, 0.1) is 26.0 Å². The molecule has 0 heterocycles. The van der Waals surface area contributed by atoms with Gasteiger partial charge in [0, 0.05) is 39.3 Å². The third kappa shape index (κ3) is 7.29. The third-order valence-electron chi connectivity index (χ3n) is 5.43. The molecule has 0 saturated carbocycles. The Morgan fingerprint density at radius 2 is 1.67 bits per heavy atom. The monoisotopic (exact) mass is 540 g/mol. The summed E-state index contributed by atoms with van der Waals surface area (Å²) < 4.78 is 25.0. The maximum atomic E-state index is 14.2. The minimum Gasteiger partial charge on any atom is -0.494 e. The molecule has 13 nitrogen and oxygen atoms in total.